The Morgan fingerprint density at radius 2 is 2.00 bits per heavy atom. The van der Waals surface area contributed by atoms with Gasteiger partial charge in [0, 0.05) is 11.7 Å². The highest BCUT2D eigenvalue weighted by atomic mass is 16.5. The SMILES string of the molecule is CC(N)c1ccccc1NC(=O)COC(C)(C)C. The Hall–Kier alpha value is -1.39. The summed E-state index contributed by atoms with van der Waals surface area (Å²) in [5.74, 6) is -0.168. The Labute approximate surface area is 109 Å². The number of carbonyl (C=O) groups excluding carboxylic acids is 1. The van der Waals surface area contributed by atoms with E-state index in [-0.39, 0.29) is 24.2 Å². The molecule has 0 radical (unpaired) electrons. The maximum Gasteiger partial charge on any atom is 0.250 e. The Morgan fingerprint density at radius 3 is 2.56 bits per heavy atom. The lowest BCUT2D eigenvalue weighted by Gasteiger charge is -2.19. The minimum Gasteiger partial charge on any atom is -0.366 e. The summed E-state index contributed by atoms with van der Waals surface area (Å²) >= 11 is 0. The molecule has 1 amide bonds. The molecule has 1 aromatic carbocycles. The molecule has 0 heterocycles. The van der Waals surface area contributed by atoms with Gasteiger partial charge in [-0.05, 0) is 39.3 Å². The van der Waals surface area contributed by atoms with Crippen molar-refractivity contribution in [2.45, 2.75) is 39.3 Å². The van der Waals surface area contributed by atoms with Gasteiger partial charge in [-0.3, -0.25) is 4.79 Å². The van der Waals surface area contributed by atoms with Crippen molar-refractivity contribution < 1.29 is 9.53 Å². The van der Waals surface area contributed by atoms with Gasteiger partial charge in [-0.2, -0.15) is 0 Å². The molecule has 4 heteroatoms. The fraction of sp³-hybridized carbons (Fsp3) is 0.500. The van der Waals surface area contributed by atoms with Gasteiger partial charge in [0.15, 0.2) is 0 Å². The lowest BCUT2D eigenvalue weighted by Crippen LogP contribution is -2.27. The van der Waals surface area contributed by atoms with Gasteiger partial charge in [0.2, 0.25) is 5.91 Å². The molecule has 0 saturated heterocycles. The summed E-state index contributed by atoms with van der Waals surface area (Å²) in [7, 11) is 0. The van der Waals surface area contributed by atoms with Crippen LogP contribution >= 0.6 is 0 Å². The zero-order valence-corrected chi connectivity index (χ0v) is 11.5. The summed E-state index contributed by atoms with van der Waals surface area (Å²) in [6.07, 6.45) is 0. The molecule has 0 spiro atoms. The summed E-state index contributed by atoms with van der Waals surface area (Å²) in [5.41, 5.74) is 7.19. The van der Waals surface area contributed by atoms with Crippen molar-refractivity contribution >= 4 is 11.6 Å². The van der Waals surface area contributed by atoms with Gasteiger partial charge < -0.3 is 15.8 Å². The molecule has 0 aliphatic rings. The predicted octanol–water partition coefficient (Wildman–Crippen LogP) is 2.46. The Morgan fingerprint density at radius 1 is 1.39 bits per heavy atom. The van der Waals surface area contributed by atoms with Crippen molar-refractivity contribution in [1.82, 2.24) is 0 Å². The maximum atomic E-state index is 11.8. The molecule has 4 nitrogen and oxygen atoms in total. The van der Waals surface area contributed by atoms with Crippen LogP contribution in [0.3, 0.4) is 0 Å². The zero-order chi connectivity index (χ0) is 13.8. The van der Waals surface area contributed by atoms with Gasteiger partial charge in [0.05, 0.1) is 5.60 Å². The molecule has 3 N–H and O–H groups in total. The van der Waals surface area contributed by atoms with Crippen LogP contribution in [0.1, 0.15) is 39.3 Å². The zero-order valence-electron chi connectivity index (χ0n) is 11.5. The van der Waals surface area contributed by atoms with Crippen LogP contribution in [0.25, 0.3) is 0 Å². The van der Waals surface area contributed by atoms with Crippen molar-refractivity contribution in [3.05, 3.63) is 29.8 Å². The van der Waals surface area contributed by atoms with Crippen molar-refractivity contribution in [3.8, 4) is 0 Å². The van der Waals surface area contributed by atoms with E-state index in [1.807, 2.05) is 52.0 Å². The first-order valence-electron chi connectivity index (χ1n) is 6.08. The smallest absolute Gasteiger partial charge is 0.250 e. The fourth-order valence-corrected chi connectivity index (χ4v) is 1.48. The standard InChI is InChI=1S/C14H22N2O2/c1-10(15)11-7-5-6-8-12(11)16-13(17)9-18-14(2,3)4/h5-8,10H,9,15H2,1-4H3,(H,16,17). The van der Waals surface area contributed by atoms with Crippen molar-refractivity contribution in [1.29, 1.82) is 0 Å². The monoisotopic (exact) mass is 250 g/mol. The van der Waals surface area contributed by atoms with Crippen LogP contribution in [0.2, 0.25) is 0 Å². The van der Waals surface area contributed by atoms with E-state index in [1.165, 1.54) is 0 Å². The molecule has 100 valence electrons. The molecule has 1 aromatic rings. The van der Waals surface area contributed by atoms with E-state index in [0.717, 1.165) is 11.3 Å². The third kappa shape index (κ3) is 4.85. The summed E-state index contributed by atoms with van der Waals surface area (Å²) < 4.78 is 5.42. The molecular weight excluding hydrogens is 228 g/mol. The minimum atomic E-state index is -0.321. The Kier molecular flexibility index (Phi) is 4.87. The number of benzene rings is 1. The molecule has 0 aromatic heterocycles. The quantitative estimate of drug-likeness (QED) is 0.862. The van der Waals surface area contributed by atoms with Crippen LogP contribution in [0.15, 0.2) is 24.3 Å². The average Bonchev–Trinajstić information content (AvgIpc) is 2.26. The number of hydrogen-bond donors (Lipinski definition) is 2. The van der Waals surface area contributed by atoms with Crippen molar-refractivity contribution in [3.63, 3.8) is 0 Å². The van der Waals surface area contributed by atoms with Gasteiger partial charge in [-0.15, -0.1) is 0 Å². The van der Waals surface area contributed by atoms with E-state index in [1.54, 1.807) is 0 Å². The first-order valence-corrected chi connectivity index (χ1v) is 6.08. The number of nitrogens with one attached hydrogen (secondary N) is 1. The van der Waals surface area contributed by atoms with Gasteiger partial charge in [0.25, 0.3) is 0 Å². The number of nitrogens with two attached hydrogens (primary N) is 1. The average molecular weight is 250 g/mol. The van der Waals surface area contributed by atoms with E-state index in [2.05, 4.69) is 5.32 Å². The van der Waals surface area contributed by atoms with Crippen LogP contribution in [0.4, 0.5) is 5.69 Å². The van der Waals surface area contributed by atoms with E-state index < -0.39 is 0 Å². The molecule has 1 rings (SSSR count). The molecule has 1 atom stereocenters. The van der Waals surface area contributed by atoms with Gasteiger partial charge in [-0.25, -0.2) is 0 Å². The highest BCUT2D eigenvalue weighted by Crippen LogP contribution is 2.20. The molecule has 1 unspecified atom stereocenters. The van der Waals surface area contributed by atoms with Gasteiger partial charge >= 0.3 is 0 Å². The Bertz CT molecular complexity index is 409. The first kappa shape index (κ1) is 14.7. The third-order valence-corrected chi connectivity index (χ3v) is 2.36. The minimum absolute atomic E-state index is 0.0385. The van der Waals surface area contributed by atoms with E-state index in [9.17, 15) is 4.79 Å². The molecule has 0 aliphatic heterocycles. The Balaban J connectivity index is 2.65. The topological polar surface area (TPSA) is 64.3 Å². The molecule has 0 bridgehead atoms. The number of amides is 1. The largest absolute Gasteiger partial charge is 0.366 e. The normalized spacial score (nSPS) is 13.2. The summed E-state index contributed by atoms with van der Waals surface area (Å²) in [5, 5.41) is 2.82. The van der Waals surface area contributed by atoms with Crippen LogP contribution in [0.5, 0.6) is 0 Å². The second kappa shape index (κ2) is 5.98. The van der Waals surface area contributed by atoms with Crippen LogP contribution < -0.4 is 11.1 Å². The molecule has 0 aliphatic carbocycles. The summed E-state index contributed by atoms with van der Waals surface area (Å²) in [4.78, 5) is 11.8. The highest BCUT2D eigenvalue weighted by molar-refractivity contribution is 5.92. The molecule has 0 saturated carbocycles. The lowest BCUT2D eigenvalue weighted by molar-refractivity contribution is -0.125. The van der Waals surface area contributed by atoms with Gasteiger partial charge in [-0.1, -0.05) is 18.2 Å². The molecule has 0 fully saturated rings. The number of carbonyl (C=O) groups is 1. The fourth-order valence-electron chi connectivity index (χ4n) is 1.48. The number of para-hydroxylation sites is 1. The second-order valence-electron chi connectivity index (χ2n) is 5.33. The molecule has 18 heavy (non-hydrogen) atoms. The van der Waals surface area contributed by atoms with Crippen LogP contribution in [-0.2, 0) is 9.53 Å². The van der Waals surface area contributed by atoms with E-state index in [4.69, 9.17) is 10.5 Å². The highest BCUT2D eigenvalue weighted by Gasteiger charge is 2.14. The predicted molar refractivity (Wildman–Crippen MR) is 73.4 cm³/mol. The third-order valence-electron chi connectivity index (χ3n) is 2.36. The number of ether oxygens (including phenoxy) is 1. The molecular formula is C14H22N2O2. The summed E-state index contributed by atoms with van der Waals surface area (Å²) in [6, 6.07) is 7.40. The lowest BCUT2D eigenvalue weighted by atomic mass is 10.1. The van der Waals surface area contributed by atoms with Crippen LogP contribution in [0, 0.1) is 0 Å². The van der Waals surface area contributed by atoms with Gasteiger partial charge in [0.1, 0.15) is 6.61 Å². The first-order chi connectivity index (χ1) is 8.29. The van der Waals surface area contributed by atoms with Crippen molar-refractivity contribution in [2.24, 2.45) is 5.73 Å². The maximum absolute atomic E-state index is 11.8. The summed E-state index contributed by atoms with van der Waals surface area (Å²) in [6.45, 7) is 7.66. The second-order valence-corrected chi connectivity index (χ2v) is 5.33. The van der Waals surface area contributed by atoms with E-state index >= 15 is 0 Å². The van der Waals surface area contributed by atoms with E-state index in [0.29, 0.717) is 0 Å². The number of rotatable bonds is 4. The van der Waals surface area contributed by atoms with Crippen LogP contribution in [-0.4, -0.2) is 18.1 Å². The number of anilines is 1. The number of hydrogen-bond acceptors (Lipinski definition) is 3. The van der Waals surface area contributed by atoms with Crippen molar-refractivity contribution in [2.75, 3.05) is 11.9 Å².